The van der Waals surface area contributed by atoms with Gasteiger partial charge in [0.15, 0.2) is 0 Å². The van der Waals surface area contributed by atoms with Gasteiger partial charge in [-0.2, -0.15) is 13.2 Å². The Morgan fingerprint density at radius 1 is 1.00 bits per heavy atom. The molecule has 0 saturated heterocycles. The van der Waals surface area contributed by atoms with Crippen molar-refractivity contribution >= 4 is 11.6 Å². The summed E-state index contributed by atoms with van der Waals surface area (Å²) in [5.74, 6) is -0.501. The summed E-state index contributed by atoms with van der Waals surface area (Å²) < 4.78 is 39.1. The fourth-order valence-electron chi connectivity index (χ4n) is 2.80. The second kappa shape index (κ2) is 7.61. The number of aryl methyl sites for hydroxylation is 1. The number of anilines is 1. The highest BCUT2D eigenvalue weighted by Gasteiger charge is 2.33. The third kappa shape index (κ3) is 4.73. The quantitative estimate of drug-likeness (QED) is 0.681. The van der Waals surface area contributed by atoms with Crippen LogP contribution in [0.4, 0.5) is 18.9 Å². The first-order valence-corrected chi connectivity index (χ1v) is 8.31. The molecule has 0 bridgehead atoms. The number of nitrogens with one attached hydrogen (secondary N) is 1. The Kier molecular flexibility index (Phi) is 5.26. The van der Waals surface area contributed by atoms with E-state index in [-0.39, 0.29) is 12.0 Å². The van der Waals surface area contributed by atoms with Crippen molar-refractivity contribution in [1.82, 2.24) is 4.98 Å². The maximum atomic E-state index is 13.0. The average molecular weight is 370 g/mol. The summed E-state index contributed by atoms with van der Waals surface area (Å²) in [6, 6.07) is 16.0. The van der Waals surface area contributed by atoms with E-state index in [0.29, 0.717) is 5.69 Å². The summed E-state index contributed by atoms with van der Waals surface area (Å²) in [7, 11) is 0. The van der Waals surface area contributed by atoms with Crippen LogP contribution in [-0.2, 0) is 17.4 Å². The van der Waals surface area contributed by atoms with E-state index in [1.54, 1.807) is 18.3 Å². The number of aromatic nitrogens is 1. The molecular weight excluding hydrogens is 353 g/mol. The van der Waals surface area contributed by atoms with E-state index < -0.39 is 17.6 Å². The van der Waals surface area contributed by atoms with Crippen LogP contribution in [0.25, 0.3) is 11.1 Å². The van der Waals surface area contributed by atoms with Crippen molar-refractivity contribution in [1.29, 1.82) is 0 Å². The van der Waals surface area contributed by atoms with Gasteiger partial charge in [-0.15, -0.1) is 0 Å². The lowest BCUT2D eigenvalue weighted by molar-refractivity contribution is -0.138. The van der Waals surface area contributed by atoms with Crippen molar-refractivity contribution in [3.05, 3.63) is 83.7 Å². The van der Waals surface area contributed by atoms with Gasteiger partial charge in [-0.1, -0.05) is 30.3 Å². The van der Waals surface area contributed by atoms with Crippen LogP contribution in [-0.4, -0.2) is 10.9 Å². The van der Waals surface area contributed by atoms with Crippen molar-refractivity contribution in [2.24, 2.45) is 0 Å². The van der Waals surface area contributed by atoms with Gasteiger partial charge in [-0.3, -0.25) is 9.78 Å². The standard InChI is InChI=1S/C21H17F3N2O/c1-14-12-16(10-11-25-14)15-6-8-18(9-7-15)26-20(27)13-17-4-2-3-5-19(17)21(22,23)24/h2-12H,13H2,1H3,(H,26,27). The third-order valence-corrected chi connectivity index (χ3v) is 4.07. The largest absolute Gasteiger partial charge is 0.416 e. The number of alkyl halides is 3. The van der Waals surface area contributed by atoms with Gasteiger partial charge >= 0.3 is 6.18 Å². The number of rotatable bonds is 4. The van der Waals surface area contributed by atoms with Crippen molar-refractivity contribution < 1.29 is 18.0 Å². The van der Waals surface area contributed by atoms with Crippen molar-refractivity contribution in [3.8, 4) is 11.1 Å². The lowest BCUT2D eigenvalue weighted by Crippen LogP contribution is -2.17. The topological polar surface area (TPSA) is 42.0 Å². The van der Waals surface area contributed by atoms with E-state index >= 15 is 0 Å². The zero-order chi connectivity index (χ0) is 19.4. The number of hydrogen-bond donors (Lipinski definition) is 1. The van der Waals surface area contributed by atoms with E-state index in [2.05, 4.69) is 10.3 Å². The monoisotopic (exact) mass is 370 g/mol. The minimum atomic E-state index is -4.48. The molecule has 1 amide bonds. The lowest BCUT2D eigenvalue weighted by Gasteiger charge is -2.12. The fraction of sp³-hybridized carbons (Fsp3) is 0.143. The van der Waals surface area contributed by atoms with E-state index in [0.717, 1.165) is 22.9 Å². The molecule has 0 saturated carbocycles. The van der Waals surface area contributed by atoms with Gasteiger partial charge in [-0.05, 0) is 53.9 Å². The molecule has 3 aromatic rings. The molecule has 1 aromatic heterocycles. The Balaban J connectivity index is 1.70. The number of benzene rings is 2. The van der Waals surface area contributed by atoms with Crippen LogP contribution in [0.1, 0.15) is 16.8 Å². The van der Waals surface area contributed by atoms with Gasteiger partial charge in [0.25, 0.3) is 0 Å². The van der Waals surface area contributed by atoms with Crippen LogP contribution in [0.15, 0.2) is 66.9 Å². The molecule has 0 fully saturated rings. The van der Waals surface area contributed by atoms with E-state index in [1.165, 1.54) is 18.2 Å². The molecule has 27 heavy (non-hydrogen) atoms. The molecule has 2 aromatic carbocycles. The molecule has 0 unspecified atom stereocenters. The maximum absolute atomic E-state index is 13.0. The molecule has 0 atom stereocenters. The minimum absolute atomic E-state index is 0.0496. The molecule has 0 aliphatic carbocycles. The number of carbonyl (C=O) groups excluding carboxylic acids is 1. The number of nitrogens with zero attached hydrogens (tertiary/aromatic N) is 1. The lowest BCUT2D eigenvalue weighted by atomic mass is 10.0. The zero-order valence-electron chi connectivity index (χ0n) is 14.5. The van der Waals surface area contributed by atoms with Crippen molar-refractivity contribution in [3.63, 3.8) is 0 Å². The fourth-order valence-corrected chi connectivity index (χ4v) is 2.80. The third-order valence-electron chi connectivity index (χ3n) is 4.07. The summed E-state index contributed by atoms with van der Waals surface area (Å²) in [5.41, 5.74) is 2.54. The predicted octanol–water partition coefficient (Wildman–Crippen LogP) is 5.26. The second-order valence-electron chi connectivity index (χ2n) is 6.14. The Morgan fingerprint density at radius 2 is 1.70 bits per heavy atom. The van der Waals surface area contributed by atoms with Crippen LogP contribution >= 0.6 is 0 Å². The summed E-state index contributed by atoms with van der Waals surface area (Å²) in [5, 5.41) is 2.64. The number of carbonyl (C=O) groups is 1. The Bertz CT molecular complexity index is 950. The first-order valence-electron chi connectivity index (χ1n) is 8.31. The molecule has 0 aliphatic rings. The second-order valence-corrected chi connectivity index (χ2v) is 6.14. The SMILES string of the molecule is Cc1cc(-c2ccc(NC(=O)Cc3ccccc3C(F)(F)F)cc2)ccn1. The molecule has 3 nitrogen and oxygen atoms in total. The first-order chi connectivity index (χ1) is 12.8. The number of hydrogen-bond acceptors (Lipinski definition) is 2. The number of halogens is 3. The van der Waals surface area contributed by atoms with Gasteiger partial charge in [0, 0.05) is 17.6 Å². The van der Waals surface area contributed by atoms with Gasteiger partial charge < -0.3 is 5.32 Å². The molecule has 1 heterocycles. The van der Waals surface area contributed by atoms with E-state index in [4.69, 9.17) is 0 Å². The Labute approximate surface area is 154 Å². The first kappa shape index (κ1) is 18.6. The molecule has 6 heteroatoms. The highest BCUT2D eigenvalue weighted by molar-refractivity contribution is 5.92. The average Bonchev–Trinajstić information content (AvgIpc) is 2.62. The summed E-state index contributed by atoms with van der Waals surface area (Å²) in [6.07, 6.45) is -3.11. The highest BCUT2D eigenvalue weighted by atomic mass is 19.4. The zero-order valence-corrected chi connectivity index (χ0v) is 14.5. The van der Waals surface area contributed by atoms with Crippen molar-refractivity contribution in [2.75, 3.05) is 5.32 Å². The highest BCUT2D eigenvalue weighted by Crippen LogP contribution is 2.32. The van der Waals surface area contributed by atoms with E-state index in [9.17, 15) is 18.0 Å². The van der Waals surface area contributed by atoms with Crippen LogP contribution in [0, 0.1) is 6.92 Å². The van der Waals surface area contributed by atoms with Crippen LogP contribution < -0.4 is 5.32 Å². The van der Waals surface area contributed by atoms with Crippen molar-refractivity contribution in [2.45, 2.75) is 19.5 Å². The molecule has 3 rings (SSSR count). The Hall–Kier alpha value is -3.15. The molecule has 1 N–H and O–H groups in total. The normalized spacial score (nSPS) is 11.3. The Morgan fingerprint density at radius 3 is 2.37 bits per heavy atom. The number of pyridine rings is 1. The maximum Gasteiger partial charge on any atom is 0.416 e. The number of amides is 1. The molecular formula is C21H17F3N2O. The van der Waals surface area contributed by atoms with E-state index in [1.807, 2.05) is 31.2 Å². The summed E-state index contributed by atoms with van der Waals surface area (Å²) in [6.45, 7) is 1.90. The van der Waals surface area contributed by atoms with Gasteiger partial charge in [-0.25, -0.2) is 0 Å². The van der Waals surface area contributed by atoms with Crippen LogP contribution in [0.5, 0.6) is 0 Å². The van der Waals surface area contributed by atoms with Gasteiger partial charge in [0.1, 0.15) is 0 Å². The van der Waals surface area contributed by atoms with Gasteiger partial charge in [0.05, 0.1) is 12.0 Å². The molecule has 0 aliphatic heterocycles. The predicted molar refractivity (Wildman–Crippen MR) is 98.2 cm³/mol. The summed E-state index contributed by atoms with van der Waals surface area (Å²) in [4.78, 5) is 16.3. The molecule has 138 valence electrons. The summed E-state index contributed by atoms with van der Waals surface area (Å²) >= 11 is 0. The minimum Gasteiger partial charge on any atom is -0.326 e. The van der Waals surface area contributed by atoms with Crippen LogP contribution in [0.3, 0.4) is 0 Å². The molecule has 0 radical (unpaired) electrons. The smallest absolute Gasteiger partial charge is 0.326 e. The van der Waals surface area contributed by atoms with Crippen LogP contribution in [0.2, 0.25) is 0 Å². The molecule has 0 spiro atoms. The van der Waals surface area contributed by atoms with Gasteiger partial charge in [0.2, 0.25) is 5.91 Å².